The molecule has 0 radical (unpaired) electrons. The lowest BCUT2D eigenvalue weighted by atomic mass is 9.93. The van der Waals surface area contributed by atoms with Crippen LogP contribution in [0.5, 0.6) is 28.9 Å². The van der Waals surface area contributed by atoms with E-state index in [2.05, 4.69) is 14.3 Å². The van der Waals surface area contributed by atoms with Crippen LogP contribution in [-0.2, 0) is 17.8 Å². The molecular weight excluding hydrogens is 814 g/mol. The molecule has 1 N–H and O–H groups in total. The summed E-state index contributed by atoms with van der Waals surface area (Å²) in [4.78, 5) is 29.5. The van der Waals surface area contributed by atoms with Crippen LogP contribution in [0.3, 0.4) is 0 Å². The van der Waals surface area contributed by atoms with Gasteiger partial charge in [0.05, 0.1) is 46.3 Å². The van der Waals surface area contributed by atoms with Gasteiger partial charge in [0.2, 0.25) is 12.0 Å². The van der Waals surface area contributed by atoms with Gasteiger partial charge in [-0.3, -0.25) is 9.88 Å². The number of halogens is 1. The number of aromatic nitrogens is 4. The van der Waals surface area contributed by atoms with E-state index in [1.54, 1.807) is 38.7 Å². The van der Waals surface area contributed by atoms with E-state index >= 15 is 0 Å². The Morgan fingerprint density at radius 3 is 2.49 bits per heavy atom. The van der Waals surface area contributed by atoms with E-state index in [1.807, 2.05) is 85.8 Å². The first-order valence-electron chi connectivity index (χ1n) is 19.9. The number of benzene rings is 4. The molecule has 0 spiro atoms. The van der Waals surface area contributed by atoms with Gasteiger partial charge in [-0.05, 0) is 104 Å². The molecule has 4 aromatic carbocycles. The summed E-state index contributed by atoms with van der Waals surface area (Å²) in [6, 6.07) is 28.0. The van der Waals surface area contributed by atoms with Gasteiger partial charge >= 0.3 is 5.97 Å². The van der Waals surface area contributed by atoms with Gasteiger partial charge in [-0.2, -0.15) is 4.37 Å². The van der Waals surface area contributed by atoms with Crippen LogP contribution in [0.2, 0.25) is 5.02 Å². The van der Waals surface area contributed by atoms with Crippen molar-refractivity contribution in [2.24, 2.45) is 0 Å². The molecule has 1 aliphatic heterocycles. The van der Waals surface area contributed by atoms with Crippen LogP contribution in [0.15, 0.2) is 103 Å². The molecule has 1 atom stereocenters. The molecule has 312 valence electrons. The molecule has 1 aliphatic rings. The lowest BCUT2D eigenvalue weighted by Crippen LogP contribution is -2.29. The number of carbonyl (C=O) groups is 1. The van der Waals surface area contributed by atoms with E-state index in [-0.39, 0.29) is 18.9 Å². The number of rotatable bonds is 17. The molecule has 61 heavy (non-hydrogen) atoms. The van der Waals surface area contributed by atoms with Crippen molar-refractivity contribution in [1.82, 2.24) is 24.2 Å². The summed E-state index contributed by atoms with van der Waals surface area (Å²) >= 11 is 8.25. The SMILES string of the molecule is COc1cccc(-c2ncc3snc(OC(Cc4ccccc4OCc4ccnc(-c5ccccc5OC)n4)C(=O)O)c3c2-c2ccc(OCCN3CCCC3)c(Cl)c2C)c1. The van der Waals surface area contributed by atoms with Crippen molar-refractivity contribution in [2.75, 3.05) is 40.5 Å². The van der Waals surface area contributed by atoms with Crippen molar-refractivity contribution in [3.8, 4) is 62.7 Å². The molecule has 1 fully saturated rings. The van der Waals surface area contributed by atoms with Gasteiger partial charge in [0.15, 0.2) is 5.82 Å². The van der Waals surface area contributed by atoms with E-state index in [9.17, 15) is 9.90 Å². The van der Waals surface area contributed by atoms with Gasteiger partial charge in [-0.25, -0.2) is 14.8 Å². The second kappa shape index (κ2) is 19.0. The summed E-state index contributed by atoms with van der Waals surface area (Å²) in [7, 11) is 3.22. The molecule has 4 heterocycles. The molecule has 0 saturated carbocycles. The second-order valence-corrected chi connectivity index (χ2v) is 15.7. The standard InChI is InChI=1S/C47H44ClN5O7S/c1-29-34(17-18-38(43(29)48)58-24-23-53-21-8-9-22-53)41-42-40(27-50-44(41)31-12-10-13-33(25-31)56-2)61-52-46(42)60-39(47(54)55)26-30-11-4-6-15-36(30)59-28-32-19-20-49-45(51-32)35-14-5-7-16-37(35)57-3/h4-7,10-20,25,27,39H,8-9,21-24,26,28H2,1-3H3,(H,54,55). The first-order chi connectivity index (χ1) is 29.8. The zero-order chi connectivity index (χ0) is 42.3. The Morgan fingerprint density at radius 1 is 0.885 bits per heavy atom. The number of hydrogen-bond acceptors (Lipinski definition) is 12. The summed E-state index contributed by atoms with van der Waals surface area (Å²) in [5.41, 5.74) is 5.69. The minimum absolute atomic E-state index is 0.0156. The van der Waals surface area contributed by atoms with Gasteiger partial charge in [0, 0.05) is 36.5 Å². The number of nitrogens with zero attached hydrogens (tertiary/aromatic N) is 5. The Kier molecular flexibility index (Phi) is 12.9. The number of carboxylic acids is 1. The third kappa shape index (κ3) is 9.24. The lowest BCUT2D eigenvalue weighted by molar-refractivity contribution is -0.145. The van der Waals surface area contributed by atoms with Gasteiger partial charge in [-0.1, -0.05) is 60.1 Å². The lowest BCUT2D eigenvalue weighted by Gasteiger charge is -2.19. The van der Waals surface area contributed by atoms with E-state index in [0.717, 1.165) is 41.9 Å². The fourth-order valence-corrected chi connectivity index (χ4v) is 8.41. The highest BCUT2D eigenvalue weighted by atomic mass is 35.5. The molecule has 8 rings (SSSR count). The van der Waals surface area contributed by atoms with Crippen LogP contribution >= 0.6 is 23.1 Å². The summed E-state index contributed by atoms with van der Waals surface area (Å²) < 4.78 is 35.4. The Balaban J connectivity index is 1.10. The van der Waals surface area contributed by atoms with Crippen molar-refractivity contribution in [2.45, 2.75) is 38.9 Å². The average molecular weight is 858 g/mol. The summed E-state index contributed by atoms with van der Waals surface area (Å²) in [5.74, 6) is 1.91. The maximum absolute atomic E-state index is 13.0. The molecule has 12 nitrogen and oxygen atoms in total. The number of likely N-dealkylation sites (tertiary alicyclic amines) is 1. The van der Waals surface area contributed by atoms with Crippen molar-refractivity contribution in [3.63, 3.8) is 0 Å². The summed E-state index contributed by atoms with van der Waals surface area (Å²) in [6.45, 7) is 5.57. The molecule has 0 amide bonds. The molecule has 1 unspecified atom stereocenters. The van der Waals surface area contributed by atoms with E-state index in [0.29, 0.717) is 73.1 Å². The highest BCUT2D eigenvalue weighted by Crippen LogP contribution is 2.46. The number of hydrogen-bond donors (Lipinski definition) is 1. The minimum atomic E-state index is -1.33. The third-order valence-corrected chi connectivity index (χ3v) is 11.9. The highest BCUT2D eigenvalue weighted by Gasteiger charge is 2.28. The average Bonchev–Trinajstić information content (AvgIpc) is 3.97. The third-order valence-electron chi connectivity index (χ3n) is 10.7. The van der Waals surface area contributed by atoms with Crippen molar-refractivity contribution >= 4 is 39.2 Å². The van der Waals surface area contributed by atoms with E-state index in [1.165, 1.54) is 24.4 Å². The van der Waals surface area contributed by atoms with Crippen molar-refractivity contribution in [3.05, 3.63) is 125 Å². The molecule has 1 saturated heterocycles. The molecule has 0 bridgehead atoms. The number of aliphatic carboxylic acids is 1. The first-order valence-corrected chi connectivity index (χ1v) is 21.1. The van der Waals surface area contributed by atoms with E-state index < -0.39 is 12.1 Å². The Labute approximate surface area is 362 Å². The topological polar surface area (TPSA) is 138 Å². The summed E-state index contributed by atoms with van der Waals surface area (Å²) in [6.07, 6.45) is 4.47. The predicted molar refractivity (Wildman–Crippen MR) is 236 cm³/mol. The van der Waals surface area contributed by atoms with Gasteiger partial charge in [0.25, 0.3) is 0 Å². The number of para-hydroxylation sites is 2. The molecule has 3 aromatic heterocycles. The van der Waals surface area contributed by atoms with Gasteiger partial charge < -0.3 is 28.8 Å². The minimum Gasteiger partial charge on any atom is -0.497 e. The van der Waals surface area contributed by atoms with Crippen molar-refractivity contribution < 1.29 is 33.6 Å². The Hall–Kier alpha value is -6.28. The number of carboxylic acid groups (broad SMARTS) is 1. The molecule has 7 aromatic rings. The van der Waals surface area contributed by atoms with Crippen LogP contribution in [0.25, 0.3) is 43.9 Å². The van der Waals surface area contributed by atoms with Gasteiger partial charge in [0.1, 0.15) is 36.2 Å². The Morgan fingerprint density at radius 2 is 1.69 bits per heavy atom. The zero-order valence-corrected chi connectivity index (χ0v) is 35.5. The molecule has 0 aliphatic carbocycles. The maximum atomic E-state index is 13.0. The predicted octanol–water partition coefficient (Wildman–Crippen LogP) is 9.59. The smallest absolute Gasteiger partial charge is 0.345 e. The maximum Gasteiger partial charge on any atom is 0.345 e. The highest BCUT2D eigenvalue weighted by molar-refractivity contribution is 7.13. The van der Waals surface area contributed by atoms with Crippen LogP contribution in [0.4, 0.5) is 0 Å². The summed E-state index contributed by atoms with van der Waals surface area (Å²) in [5, 5.41) is 11.7. The number of pyridine rings is 1. The number of methoxy groups -OCH3 is 2. The Bertz CT molecular complexity index is 2670. The normalized spacial score (nSPS) is 13.2. The van der Waals surface area contributed by atoms with Crippen LogP contribution in [0, 0.1) is 6.92 Å². The zero-order valence-electron chi connectivity index (χ0n) is 34.0. The number of ether oxygens (including phenoxy) is 5. The fourth-order valence-electron chi connectivity index (χ4n) is 7.49. The first kappa shape index (κ1) is 41.5. The van der Waals surface area contributed by atoms with Crippen LogP contribution < -0.4 is 23.7 Å². The number of fused-ring (bicyclic) bond motifs is 1. The van der Waals surface area contributed by atoms with Gasteiger partial charge in [-0.15, -0.1) is 0 Å². The van der Waals surface area contributed by atoms with Crippen molar-refractivity contribution in [1.29, 1.82) is 0 Å². The monoisotopic (exact) mass is 857 g/mol. The second-order valence-electron chi connectivity index (χ2n) is 14.5. The quantitative estimate of drug-likeness (QED) is 0.0934. The van der Waals surface area contributed by atoms with E-state index in [4.69, 9.17) is 45.3 Å². The largest absolute Gasteiger partial charge is 0.497 e. The van der Waals surface area contributed by atoms with Crippen LogP contribution in [0.1, 0.15) is 29.7 Å². The molecule has 14 heteroatoms. The fraction of sp³-hybridized carbons (Fsp3) is 0.255. The van der Waals surface area contributed by atoms with Crippen LogP contribution in [-0.4, -0.2) is 81.9 Å². The molecular formula is C47H44ClN5O7S.